The van der Waals surface area contributed by atoms with E-state index in [2.05, 4.69) is 15.2 Å². The van der Waals surface area contributed by atoms with Crippen LogP contribution in [0.2, 0.25) is 5.02 Å². The number of carbonyl (C=O) groups excluding carboxylic acids is 1. The third-order valence-electron chi connectivity index (χ3n) is 4.74. The number of anilines is 1. The molecule has 1 amide bonds. The van der Waals surface area contributed by atoms with Crippen LogP contribution in [0.25, 0.3) is 10.2 Å². The number of hydrogen-bond donors (Lipinski definition) is 1. The lowest BCUT2D eigenvalue weighted by molar-refractivity contribution is 0.0925. The van der Waals surface area contributed by atoms with Gasteiger partial charge in [-0.3, -0.25) is 4.79 Å². The third kappa shape index (κ3) is 3.46. The van der Waals surface area contributed by atoms with Crippen molar-refractivity contribution in [2.45, 2.75) is 18.9 Å². The summed E-state index contributed by atoms with van der Waals surface area (Å²) in [6.45, 7) is 1.61. The van der Waals surface area contributed by atoms with Crippen LogP contribution in [0.5, 0.6) is 5.75 Å². The zero-order chi connectivity index (χ0) is 19.0. The first kappa shape index (κ1) is 18.1. The van der Waals surface area contributed by atoms with Gasteiger partial charge in [0.2, 0.25) is 0 Å². The minimum absolute atomic E-state index is 0.0607. The van der Waals surface area contributed by atoms with Gasteiger partial charge in [-0.2, -0.15) is 0 Å². The van der Waals surface area contributed by atoms with Gasteiger partial charge >= 0.3 is 0 Å². The van der Waals surface area contributed by atoms with Crippen molar-refractivity contribution in [3.8, 4) is 5.75 Å². The van der Waals surface area contributed by atoms with Crippen LogP contribution in [-0.2, 0) is 7.05 Å². The molecular formula is C18H20ClN5O2S. The van der Waals surface area contributed by atoms with Gasteiger partial charge in [-0.05, 0) is 25.0 Å². The van der Waals surface area contributed by atoms with Gasteiger partial charge in [0.25, 0.3) is 5.91 Å². The molecule has 4 rings (SSSR count). The number of amides is 1. The van der Waals surface area contributed by atoms with E-state index in [1.165, 1.54) is 0 Å². The Hall–Kier alpha value is -2.32. The average molecular weight is 406 g/mol. The molecule has 1 fully saturated rings. The zero-order valence-corrected chi connectivity index (χ0v) is 16.7. The molecule has 9 heteroatoms. The minimum Gasteiger partial charge on any atom is -0.494 e. The lowest BCUT2D eigenvalue weighted by atomic mass is 10.1. The van der Waals surface area contributed by atoms with E-state index in [4.69, 9.17) is 21.3 Å². The van der Waals surface area contributed by atoms with E-state index < -0.39 is 0 Å². The number of imidazole rings is 1. The van der Waals surface area contributed by atoms with Crippen molar-refractivity contribution in [3.63, 3.8) is 0 Å². The fourth-order valence-corrected chi connectivity index (χ4v) is 4.64. The van der Waals surface area contributed by atoms with Crippen LogP contribution < -0.4 is 15.0 Å². The Kier molecular flexibility index (Phi) is 4.92. The van der Waals surface area contributed by atoms with Gasteiger partial charge in [-0.1, -0.05) is 22.9 Å². The average Bonchev–Trinajstić information content (AvgIpc) is 3.29. The van der Waals surface area contributed by atoms with E-state index in [0.717, 1.165) is 40.5 Å². The number of nitrogens with zero attached hydrogens (tertiary/aromatic N) is 4. The van der Waals surface area contributed by atoms with Gasteiger partial charge in [0.1, 0.15) is 17.0 Å². The molecule has 1 aromatic carbocycles. The fourth-order valence-electron chi connectivity index (χ4n) is 3.35. The van der Waals surface area contributed by atoms with Crippen LogP contribution in [0.15, 0.2) is 24.7 Å². The predicted octanol–water partition coefficient (Wildman–Crippen LogP) is 3.09. The SMILES string of the molecule is COc1ccc(Cl)c2sc(N3CCCC(NC(=O)c4cncn4C)C3)nc12. The summed E-state index contributed by atoms with van der Waals surface area (Å²) in [6, 6.07) is 3.73. The second-order valence-corrected chi connectivity index (χ2v) is 7.96. The lowest BCUT2D eigenvalue weighted by Gasteiger charge is -2.32. The molecule has 1 N–H and O–H groups in total. The number of aryl methyl sites for hydroxylation is 1. The smallest absolute Gasteiger partial charge is 0.269 e. The van der Waals surface area contributed by atoms with E-state index in [-0.39, 0.29) is 11.9 Å². The highest BCUT2D eigenvalue weighted by molar-refractivity contribution is 7.22. The quantitative estimate of drug-likeness (QED) is 0.722. The van der Waals surface area contributed by atoms with Crippen molar-refractivity contribution < 1.29 is 9.53 Å². The largest absolute Gasteiger partial charge is 0.494 e. The Labute approximate surface area is 165 Å². The minimum atomic E-state index is -0.101. The number of methoxy groups -OCH3 is 1. The van der Waals surface area contributed by atoms with Crippen LogP contribution in [0.3, 0.4) is 0 Å². The third-order valence-corrected chi connectivity index (χ3v) is 6.32. The van der Waals surface area contributed by atoms with Gasteiger partial charge in [-0.15, -0.1) is 0 Å². The van der Waals surface area contributed by atoms with Crippen LogP contribution in [0.1, 0.15) is 23.3 Å². The second kappa shape index (κ2) is 7.36. The van der Waals surface area contributed by atoms with E-state index in [1.54, 1.807) is 35.5 Å². The topological polar surface area (TPSA) is 72.3 Å². The lowest BCUT2D eigenvalue weighted by Crippen LogP contribution is -2.48. The van der Waals surface area contributed by atoms with Crippen molar-refractivity contribution in [1.82, 2.24) is 19.9 Å². The standard InChI is InChI=1S/C18H20ClN5O2S/c1-23-10-20-8-13(23)17(25)21-11-4-3-7-24(9-11)18-22-15-14(26-2)6-5-12(19)16(15)27-18/h5-6,8,10-11H,3-4,7,9H2,1-2H3,(H,21,25). The fraction of sp³-hybridized carbons (Fsp3) is 0.389. The van der Waals surface area contributed by atoms with Crippen molar-refractivity contribution in [2.75, 3.05) is 25.1 Å². The molecule has 3 heterocycles. The summed E-state index contributed by atoms with van der Waals surface area (Å²) in [5.41, 5.74) is 1.34. The number of fused-ring (bicyclic) bond motifs is 1. The maximum Gasteiger partial charge on any atom is 0.269 e. The summed E-state index contributed by atoms with van der Waals surface area (Å²) in [4.78, 5) is 23.4. The Morgan fingerprint density at radius 1 is 1.44 bits per heavy atom. The van der Waals surface area contributed by atoms with Gasteiger partial charge in [-0.25, -0.2) is 9.97 Å². The van der Waals surface area contributed by atoms with Crippen LogP contribution in [0, 0.1) is 0 Å². The van der Waals surface area contributed by atoms with Crippen molar-refractivity contribution in [1.29, 1.82) is 0 Å². The molecule has 1 saturated heterocycles. The van der Waals surface area contributed by atoms with Crippen molar-refractivity contribution >= 4 is 44.2 Å². The van der Waals surface area contributed by atoms with Gasteiger partial charge < -0.3 is 19.5 Å². The summed E-state index contributed by atoms with van der Waals surface area (Å²) >= 11 is 7.90. The molecule has 1 aliphatic rings. The summed E-state index contributed by atoms with van der Waals surface area (Å²) in [5.74, 6) is 0.617. The predicted molar refractivity (Wildman–Crippen MR) is 107 cm³/mol. The van der Waals surface area contributed by atoms with Crippen LogP contribution in [-0.4, -0.2) is 46.7 Å². The highest BCUT2D eigenvalue weighted by Gasteiger charge is 2.25. The number of halogens is 1. The van der Waals surface area contributed by atoms with Crippen LogP contribution >= 0.6 is 22.9 Å². The molecule has 0 bridgehead atoms. The summed E-state index contributed by atoms with van der Waals surface area (Å²) < 4.78 is 8.05. The number of nitrogens with one attached hydrogen (secondary N) is 1. The summed E-state index contributed by atoms with van der Waals surface area (Å²) in [5, 5.41) is 4.69. The van der Waals surface area contributed by atoms with Crippen LogP contribution in [0.4, 0.5) is 5.13 Å². The number of hydrogen-bond acceptors (Lipinski definition) is 6. The maximum absolute atomic E-state index is 12.5. The van der Waals surface area contributed by atoms with E-state index in [1.807, 2.05) is 19.2 Å². The molecule has 0 saturated carbocycles. The molecule has 1 unspecified atom stereocenters. The van der Waals surface area contributed by atoms with Crippen molar-refractivity contribution in [3.05, 3.63) is 35.4 Å². The normalized spacial score (nSPS) is 17.3. The van der Waals surface area contributed by atoms with E-state index in [9.17, 15) is 4.79 Å². The molecule has 1 aliphatic heterocycles. The monoisotopic (exact) mass is 405 g/mol. The number of rotatable bonds is 4. The maximum atomic E-state index is 12.5. The summed E-state index contributed by atoms with van der Waals surface area (Å²) in [6.07, 6.45) is 5.13. The second-order valence-electron chi connectivity index (χ2n) is 6.57. The molecule has 2 aromatic heterocycles. The Balaban J connectivity index is 1.53. The first-order valence-corrected chi connectivity index (χ1v) is 9.91. The number of aromatic nitrogens is 3. The number of ether oxygens (including phenoxy) is 1. The number of carbonyl (C=O) groups is 1. The Bertz CT molecular complexity index is 985. The zero-order valence-electron chi connectivity index (χ0n) is 15.1. The number of benzene rings is 1. The van der Waals surface area contributed by atoms with Gasteiger partial charge in [0.15, 0.2) is 5.13 Å². The molecule has 7 nitrogen and oxygen atoms in total. The van der Waals surface area contributed by atoms with E-state index in [0.29, 0.717) is 17.3 Å². The first-order chi connectivity index (χ1) is 13.1. The molecule has 0 spiro atoms. The Morgan fingerprint density at radius 3 is 3.04 bits per heavy atom. The van der Waals surface area contributed by atoms with Gasteiger partial charge in [0.05, 0.1) is 29.4 Å². The number of thiazole rings is 1. The first-order valence-electron chi connectivity index (χ1n) is 8.72. The molecule has 27 heavy (non-hydrogen) atoms. The summed E-state index contributed by atoms with van der Waals surface area (Å²) in [7, 11) is 3.44. The molecule has 0 aliphatic carbocycles. The van der Waals surface area contributed by atoms with Gasteiger partial charge in [0, 0.05) is 26.2 Å². The number of piperidine rings is 1. The highest BCUT2D eigenvalue weighted by atomic mass is 35.5. The molecular weight excluding hydrogens is 386 g/mol. The van der Waals surface area contributed by atoms with Crippen molar-refractivity contribution in [2.24, 2.45) is 7.05 Å². The van der Waals surface area contributed by atoms with E-state index >= 15 is 0 Å². The molecule has 0 radical (unpaired) electrons. The molecule has 3 aromatic rings. The Morgan fingerprint density at radius 2 is 2.30 bits per heavy atom. The molecule has 142 valence electrons. The highest BCUT2D eigenvalue weighted by Crippen LogP contribution is 2.39. The molecule has 1 atom stereocenters.